The summed E-state index contributed by atoms with van der Waals surface area (Å²) in [5.74, 6) is -0.965. The van der Waals surface area contributed by atoms with E-state index < -0.39 is 17.6 Å². The molecule has 2 aromatic rings. The average molecular weight is 300 g/mol. The van der Waals surface area contributed by atoms with Gasteiger partial charge in [-0.05, 0) is 42.3 Å². The van der Waals surface area contributed by atoms with Gasteiger partial charge in [-0.1, -0.05) is 12.1 Å². The standard InChI is InChI=1S/C15H12F4O2/c16-13-8-10(6-7-20)4-5-14(13)21-12-3-1-2-11(9-12)15(17,18)19/h1-5,8-9,20H,6-7H2. The van der Waals surface area contributed by atoms with E-state index in [4.69, 9.17) is 9.84 Å². The lowest BCUT2D eigenvalue weighted by Crippen LogP contribution is -2.04. The van der Waals surface area contributed by atoms with E-state index in [1.165, 1.54) is 24.3 Å². The van der Waals surface area contributed by atoms with Crippen LogP contribution in [0.3, 0.4) is 0 Å². The van der Waals surface area contributed by atoms with Gasteiger partial charge in [0.2, 0.25) is 0 Å². The molecule has 0 heterocycles. The van der Waals surface area contributed by atoms with Gasteiger partial charge in [0.05, 0.1) is 5.56 Å². The van der Waals surface area contributed by atoms with Crippen molar-refractivity contribution in [2.24, 2.45) is 0 Å². The molecule has 0 aliphatic rings. The van der Waals surface area contributed by atoms with Gasteiger partial charge >= 0.3 is 6.18 Å². The zero-order chi connectivity index (χ0) is 15.5. The number of hydrogen-bond donors (Lipinski definition) is 1. The summed E-state index contributed by atoms with van der Waals surface area (Å²) in [6.07, 6.45) is -4.19. The van der Waals surface area contributed by atoms with Crippen molar-refractivity contribution in [2.45, 2.75) is 12.6 Å². The first-order chi connectivity index (χ1) is 9.90. The van der Waals surface area contributed by atoms with Gasteiger partial charge in [0.25, 0.3) is 0 Å². The fourth-order valence-corrected chi connectivity index (χ4v) is 1.77. The summed E-state index contributed by atoms with van der Waals surface area (Å²) in [4.78, 5) is 0. The number of halogens is 4. The third-order valence-corrected chi connectivity index (χ3v) is 2.79. The molecule has 0 bridgehead atoms. The highest BCUT2D eigenvalue weighted by atomic mass is 19.4. The molecule has 0 saturated heterocycles. The molecule has 0 atom stereocenters. The molecule has 2 rings (SSSR count). The third kappa shape index (κ3) is 3.95. The van der Waals surface area contributed by atoms with E-state index in [-0.39, 0.29) is 18.1 Å². The lowest BCUT2D eigenvalue weighted by atomic mass is 10.1. The minimum Gasteiger partial charge on any atom is -0.454 e. The Balaban J connectivity index is 2.22. The molecule has 0 saturated carbocycles. The minimum atomic E-state index is -4.48. The van der Waals surface area contributed by atoms with Gasteiger partial charge in [-0.15, -0.1) is 0 Å². The largest absolute Gasteiger partial charge is 0.454 e. The molecule has 0 aliphatic carbocycles. The van der Waals surface area contributed by atoms with Gasteiger partial charge in [-0.2, -0.15) is 13.2 Å². The van der Waals surface area contributed by atoms with E-state index in [1.807, 2.05) is 0 Å². The summed E-state index contributed by atoms with van der Waals surface area (Å²) in [7, 11) is 0. The van der Waals surface area contributed by atoms with Crippen molar-refractivity contribution in [3.8, 4) is 11.5 Å². The Morgan fingerprint density at radius 2 is 1.81 bits per heavy atom. The molecule has 6 heteroatoms. The predicted molar refractivity (Wildman–Crippen MR) is 68.7 cm³/mol. The van der Waals surface area contributed by atoms with E-state index >= 15 is 0 Å². The minimum absolute atomic E-state index is 0.0985. The predicted octanol–water partition coefficient (Wildman–Crippen LogP) is 4.17. The zero-order valence-electron chi connectivity index (χ0n) is 10.8. The molecule has 0 unspecified atom stereocenters. The number of rotatable bonds is 4. The van der Waals surface area contributed by atoms with Crippen molar-refractivity contribution in [3.63, 3.8) is 0 Å². The Hall–Kier alpha value is -2.08. The summed E-state index contributed by atoms with van der Waals surface area (Å²) in [5, 5.41) is 8.76. The Kier molecular flexibility index (Phi) is 4.47. The molecule has 112 valence electrons. The number of aliphatic hydroxyl groups is 1. The SMILES string of the molecule is OCCc1ccc(Oc2cccc(C(F)(F)F)c2)c(F)c1. The number of alkyl halides is 3. The normalized spacial score (nSPS) is 11.5. The van der Waals surface area contributed by atoms with E-state index in [1.54, 1.807) is 6.07 Å². The molecule has 0 amide bonds. The number of ether oxygens (including phenoxy) is 1. The van der Waals surface area contributed by atoms with E-state index in [0.717, 1.165) is 12.1 Å². The van der Waals surface area contributed by atoms with Crippen molar-refractivity contribution in [1.82, 2.24) is 0 Å². The van der Waals surface area contributed by atoms with Gasteiger partial charge in [0.15, 0.2) is 11.6 Å². The fourth-order valence-electron chi connectivity index (χ4n) is 1.77. The van der Waals surface area contributed by atoms with Crippen LogP contribution in [0.4, 0.5) is 17.6 Å². The number of aliphatic hydroxyl groups excluding tert-OH is 1. The van der Waals surface area contributed by atoms with Gasteiger partial charge in [-0.3, -0.25) is 0 Å². The summed E-state index contributed by atoms with van der Waals surface area (Å²) in [5.41, 5.74) is -0.288. The highest BCUT2D eigenvalue weighted by Gasteiger charge is 2.30. The Labute approximate surface area is 118 Å². The van der Waals surface area contributed by atoms with Crippen LogP contribution in [0.2, 0.25) is 0 Å². The van der Waals surface area contributed by atoms with E-state index in [2.05, 4.69) is 0 Å². The van der Waals surface area contributed by atoms with Crippen molar-refractivity contribution >= 4 is 0 Å². The molecule has 0 aromatic heterocycles. The second-order valence-electron chi connectivity index (χ2n) is 4.37. The third-order valence-electron chi connectivity index (χ3n) is 2.79. The highest BCUT2D eigenvalue weighted by molar-refractivity contribution is 5.37. The van der Waals surface area contributed by atoms with Crippen molar-refractivity contribution in [3.05, 3.63) is 59.4 Å². The maximum Gasteiger partial charge on any atom is 0.416 e. The van der Waals surface area contributed by atoms with Crippen LogP contribution in [0.5, 0.6) is 11.5 Å². The fraction of sp³-hybridized carbons (Fsp3) is 0.200. The highest BCUT2D eigenvalue weighted by Crippen LogP contribution is 2.33. The maximum absolute atomic E-state index is 13.8. The topological polar surface area (TPSA) is 29.5 Å². The Morgan fingerprint density at radius 3 is 2.43 bits per heavy atom. The Morgan fingerprint density at radius 1 is 1.05 bits per heavy atom. The van der Waals surface area contributed by atoms with Crippen LogP contribution in [0.25, 0.3) is 0 Å². The molecule has 0 spiro atoms. The molecular formula is C15H12F4O2. The van der Waals surface area contributed by atoms with Gasteiger partial charge in [0.1, 0.15) is 5.75 Å². The molecule has 2 nitrogen and oxygen atoms in total. The van der Waals surface area contributed by atoms with Gasteiger partial charge < -0.3 is 9.84 Å². The molecule has 0 radical (unpaired) electrons. The second kappa shape index (κ2) is 6.13. The van der Waals surface area contributed by atoms with Crippen molar-refractivity contribution in [1.29, 1.82) is 0 Å². The summed E-state index contributed by atoms with van der Waals surface area (Å²) in [6, 6.07) is 8.27. The quantitative estimate of drug-likeness (QED) is 0.859. The maximum atomic E-state index is 13.8. The van der Waals surface area contributed by atoms with Crippen LogP contribution >= 0.6 is 0 Å². The molecular weight excluding hydrogens is 288 g/mol. The lowest BCUT2D eigenvalue weighted by molar-refractivity contribution is -0.137. The summed E-state index contributed by atoms with van der Waals surface area (Å²) in [6.45, 7) is -0.118. The van der Waals surface area contributed by atoms with Crippen molar-refractivity contribution < 1.29 is 27.4 Å². The second-order valence-corrected chi connectivity index (χ2v) is 4.37. The zero-order valence-corrected chi connectivity index (χ0v) is 10.8. The first-order valence-electron chi connectivity index (χ1n) is 6.14. The van der Waals surface area contributed by atoms with Gasteiger partial charge in [-0.25, -0.2) is 4.39 Å². The lowest BCUT2D eigenvalue weighted by Gasteiger charge is -2.11. The summed E-state index contributed by atoms with van der Waals surface area (Å²) < 4.78 is 56.6. The number of benzene rings is 2. The van der Waals surface area contributed by atoms with E-state index in [9.17, 15) is 17.6 Å². The molecule has 2 aromatic carbocycles. The number of hydrogen-bond acceptors (Lipinski definition) is 2. The van der Waals surface area contributed by atoms with Crippen LogP contribution in [-0.4, -0.2) is 11.7 Å². The van der Waals surface area contributed by atoms with Crippen LogP contribution in [-0.2, 0) is 12.6 Å². The Bertz CT molecular complexity index is 623. The monoisotopic (exact) mass is 300 g/mol. The van der Waals surface area contributed by atoms with Crippen LogP contribution in [0, 0.1) is 5.82 Å². The van der Waals surface area contributed by atoms with Crippen LogP contribution in [0.1, 0.15) is 11.1 Å². The summed E-state index contributed by atoms with van der Waals surface area (Å²) >= 11 is 0. The first-order valence-corrected chi connectivity index (χ1v) is 6.14. The molecule has 0 fully saturated rings. The molecule has 1 N–H and O–H groups in total. The average Bonchev–Trinajstić information content (AvgIpc) is 2.42. The van der Waals surface area contributed by atoms with Gasteiger partial charge in [0, 0.05) is 6.61 Å². The smallest absolute Gasteiger partial charge is 0.416 e. The van der Waals surface area contributed by atoms with Crippen molar-refractivity contribution in [2.75, 3.05) is 6.61 Å². The van der Waals surface area contributed by atoms with E-state index in [0.29, 0.717) is 12.0 Å². The first kappa shape index (κ1) is 15.3. The van der Waals surface area contributed by atoms with Crippen LogP contribution in [0.15, 0.2) is 42.5 Å². The molecule has 21 heavy (non-hydrogen) atoms. The van der Waals surface area contributed by atoms with Crippen LogP contribution < -0.4 is 4.74 Å². The molecule has 0 aliphatic heterocycles.